The summed E-state index contributed by atoms with van der Waals surface area (Å²) in [6, 6.07) is 20.8. The van der Waals surface area contributed by atoms with Gasteiger partial charge >= 0.3 is 0 Å². The van der Waals surface area contributed by atoms with Gasteiger partial charge in [0.2, 0.25) is 10.0 Å². The fraction of sp³-hybridized carbons (Fsp3) is 0.0952. The lowest BCUT2D eigenvalue weighted by Gasteiger charge is -2.34. The first kappa shape index (κ1) is 18.8. The van der Waals surface area contributed by atoms with E-state index in [1.165, 1.54) is 28.6 Å². The van der Waals surface area contributed by atoms with Crippen LogP contribution in [0.25, 0.3) is 0 Å². The predicted octanol–water partition coefficient (Wildman–Crippen LogP) is 3.87. The molecule has 0 spiro atoms. The SMILES string of the molecule is O=C1c2ccccc2N(Cc2ccccc2)S(=O)(=O)C1c1ccc([N+](=O)[O-])cc1. The monoisotopic (exact) mass is 408 g/mol. The molecule has 1 unspecified atom stereocenters. The summed E-state index contributed by atoms with van der Waals surface area (Å²) < 4.78 is 28.2. The molecule has 1 aliphatic heterocycles. The number of anilines is 1. The lowest BCUT2D eigenvalue weighted by molar-refractivity contribution is -0.384. The van der Waals surface area contributed by atoms with Gasteiger partial charge in [0.25, 0.3) is 5.69 Å². The van der Waals surface area contributed by atoms with Crippen LogP contribution >= 0.6 is 0 Å². The fourth-order valence-corrected chi connectivity index (χ4v) is 5.37. The first-order chi connectivity index (χ1) is 13.9. The Hall–Kier alpha value is -3.52. The molecule has 8 heteroatoms. The van der Waals surface area contributed by atoms with E-state index in [1.807, 2.05) is 30.3 Å². The molecular formula is C21H16N2O5S. The smallest absolute Gasteiger partial charge is 0.269 e. The summed E-state index contributed by atoms with van der Waals surface area (Å²) in [5.74, 6) is -0.543. The summed E-state index contributed by atoms with van der Waals surface area (Å²) in [7, 11) is -4.10. The summed E-state index contributed by atoms with van der Waals surface area (Å²) in [6.45, 7) is 0.0803. The molecule has 7 nitrogen and oxygen atoms in total. The number of nitro groups is 1. The molecule has 146 valence electrons. The second kappa shape index (κ2) is 7.14. The molecule has 3 aromatic rings. The van der Waals surface area contributed by atoms with Crippen LogP contribution in [0.4, 0.5) is 11.4 Å². The number of non-ortho nitro benzene ring substituents is 1. The largest absolute Gasteiger partial charge is 0.292 e. The third kappa shape index (κ3) is 3.27. The number of fused-ring (bicyclic) bond motifs is 1. The van der Waals surface area contributed by atoms with Gasteiger partial charge in [0, 0.05) is 17.7 Å². The maximum absolute atomic E-state index is 13.5. The van der Waals surface area contributed by atoms with Crippen LogP contribution in [0.5, 0.6) is 0 Å². The molecule has 1 heterocycles. The first-order valence-electron chi connectivity index (χ1n) is 8.82. The minimum Gasteiger partial charge on any atom is -0.292 e. The molecule has 0 bridgehead atoms. The number of rotatable bonds is 4. The van der Waals surface area contributed by atoms with Gasteiger partial charge in [-0.05, 0) is 23.3 Å². The van der Waals surface area contributed by atoms with E-state index in [4.69, 9.17) is 0 Å². The highest BCUT2D eigenvalue weighted by Crippen LogP contribution is 2.41. The molecule has 3 aromatic carbocycles. The van der Waals surface area contributed by atoms with Crippen LogP contribution in [0.1, 0.15) is 26.7 Å². The summed E-state index contributed by atoms with van der Waals surface area (Å²) in [5, 5.41) is 9.45. The van der Waals surface area contributed by atoms with E-state index in [0.29, 0.717) is 11.3 Å². The number of nitrogens with zero attached hydrogens (tertiary/aromatic N) is 2. The van der Waals surface area contributed by atoms with E-state index >= 15 is 0 Å². The number of carbonyl (C=O) groups excluding carboxylic acids is 1. The highest BCUT2D eigenvalue weighted by atomic mass is 32.2. The third-order valence-electron chi connectivity index (χ3n) is 4.86. The molecule has 0 aromatic heterocycles. The van der Waals surface area contributed by atoms with Crippen LogP contribution in [-0.2, 0) is 16.6 Å². The van der Waals surface area contributed by atoms with Crippen molar-refractivity contribution in [1.29, 1.82) is 0 Å². The maximum atomic E-state index is 13.5. The Morgan fingerprint density at radius 3 is 2.17 bits per heavy atom. The van der Waals surface area contributed by atoms with Crippen molar-refractivity contribution in [3.05, 3.63) is 106 Å². The second-order valence-electron chi connectivity index (χ2n) is 6.65. The van der Waals surface area contributed by atoms with Crippen molar-refractivity contribution in [2.45, 2.75) is 11.8 Å². The van der Waals surface area contributed by atoms with Gasteiger partial charge in [0.15, 0.2) is 11.0 Å². The molecule has 0 fully saturated rings. The maximum Gasteiger partial charge on any atom is 0.269 e. The minimum absolute atomic E-state index is 0.0803. The van der Waals surface area contributed by atoms with Crippen molar-refractivity contribution >= 4 is 27.2 Å². The Bertz CT molecular complexity index is 1190. The number of Topliss-reactive ketones (excluding diaryl/α,β-unsaturated/α-hetero) is 1. The van der Waals surface area contributed by atoms with E-state index in [1.54, 1.807) is 24.3 Å². The van der Waals surface area contributed by atoms with Crippen LogP contribution in [0.2, 0.25) is 0 Å². The number of para-hydroxylation sites is 1. The van der Waals surface area contributed by atoms with Crippen molar-refractivity contribution in [3.8, 4) is 0 Å². The van der Waals surface area contributed by atoms with Crippen LogP contribution in [0.3, 0.4) is 0 Å². The molecule has 0 saturated carbocycles. The minimum atomic E-state index is -4.10. The zero-order chi connectivity index (χ0) is 20.6. The Kier molecular flexibility index (Phi) is 4.63. The van der Waals surface area contributed by atoms with Gasteiger partial charge in [-0.15, -0.1) is 0 Å². The number of carbonyl (C=O) groups is 1. The number of sulfonamides is 1. The van der Waals surface area contributed by atoms with Gasteiger partial charge in [-0.1, -0.05) is 54.6 Å². The number of ketones is 1. The van der Waals surface area contributed by atoms with Crippen LogP contribution in [0, 0.1) is 10.1 Å². The van der Waals surface area contributed by atoms with Crippen LogP contribution in [-0.4, -0.2) is 19.1 Å². The second-order valence-corrected chi connectivity index (χ2v) is 8.59. The van der Waals surface area contributed by atoms with E-state index < -0.39 is 26.0 Å². The van der Waals surface area contributed by atoms with E-state index in [2.05, 4.69) is 0 Å². The molecular weight excluding hydrogens is 392 g/mol. The predicted molar refractivity (Wildman–Crippen MR) is 108 cm³/mol. The molecule has 0 saturated heterocycles. The van der Waals surface area contributed by atoms with Crippen molar-refractivity contribution in [2.24, 2.45) is 0 Å². The van der Waals surface area contributed by atoms with Crippen LogP contribution in [0.15, 0.2) is 78.9 Å². The van der Waals surface area contributed by atoms with E-state index in [0.717, 1.165) is 5.56 Å². The summed E-state index contributed by atoms with van der Waals surface area (Å²) in [5.41, 5.74) is 1.45. The number of hydrogen-bond donors (Lipinski definition) is 0. The van der Waals surface area contributed by atoms with Gasteiger partial charge in [-0.25, -0.2) is 8.42 Å². The molecule has 29 heavy (non-hydrogen) atoms. The van der Waals surface area contributed by atoms with E-state index in [9.17, 15) is 23.3 Å². The number of hydrogen-bond acceptors (Lipinski definition) is 5. The van der Waals surface area contributed by atoms with Gasteiger partial charge in [0.05, 0.1) is 17.2 Å². The molecule has 0 N–H and O–H groups in total. The summed E-state index contributed by atoms with van der Waals surface area (Å²) in [4.78, 5) is 23.4. The number of benzene rings is 3. The molecule has 1 aliphatic rings. The molecule has 4 rings (SSSR count). The Labute approximate surface area is 167 Å². The standard InChI is InChI=1S/C21H16N2O5S/c24-20-18-8-4-5-9-19(18)22(14-15-6-2-1-3-7-15)29(27,28)21(20)16-10-12-17(13-11-16)23(25)26/h1-13,21H,14H2. The van der Waals surface area contributed by atoms with Crippen molar-refractivity contribution in [2.75, 3.05) is 4.31 Å². The Morgan fingerprint density at radius 1 is 0.897 bits per heavy atom. The molecule has 1 atom stereocenters. The third-order valence-corrected chi connectivity index (χ3v) is 6.88. The summed E-state index contributed by atoms with van der Waals surface area (Å²) in [6.07, 6.45) is 0. The quantitative estimate of drug-likeness (QED) is 0.482. The topological polar surface area (TPSA) is 97.6 Å². The fourth-order valence-electron chi connectivity index (χ4n) is 3.46. The van der Waals surface area contributed by atoms with Crippen molar-refractivity contribution in [3.63, 3.8) is 0 Å². The van der Waals surface area contributed by atoms with Gasteiger partial charge in [0.1, 0.15) is 0 Å². The van der Waals surface area contributed by atoms with Gasteiger partial charge < -0.3 is 0 Å². The summed E-state index contributed by atoms with van der Waals surface area (Å²) >= 11 is 0. The first-order valence-corrected chi connectivity index (χ1v) is 10.3. The van der Waals surface area contributed by atoms with E-state index in [-0.39, 0.29) is 17.8 Å². The molecule has 0 amide bonds. The van der Waals surface area contributed by atoms with Crippen molar-refractivity contribution < 1.29 is 18.1 Å². The Morgan fingerprint density at radius 2 is 1.52 bits per heavy atom. The molecule has 0 aliphatic carbocycles. The van der Waals surface area contributed by atoms with Crippen molar-refractivity contribution in [1.82, 2.24) is 0 Å². The molecule has 0 radical (unpaired) electrons. The number of nitro benzene ring substituents is 1. The van der Waals surface area contributed by atoms with Gasteiger partial charge in [-0.2, -0.15) is 0 Å². The lowest BCUT2D eigenvalue weighted by Crippen LogP contribution is -2.42. The zero-order valence-electron chi connectivity index (χ0n) is 15.1. The highest BCUT2D eigenvalue weighted by molar-refractivity contribution is 7.93. The van der Waals surface area contributed by atoms with Crippen LogP contribution < -0.4 is 4.31 Å². The average molecular weight is 408 g/mol. The lowest BCUT2D eigenvalue weighted by atomic mass is 10.00. The Balaban J connectivity index is 1.85. The normalized spacial score (nSPS) is 17.6. The zero-order valence-corrected chi connectivity index (χ0v) is 16.0. The average Bonchev–Trinajstić information content (AvgIpc) is 2.72. The van der Waals surface area contributed by atoms with Gasteiger partial charge in [-0.3, -0.25) is 19.2 Å². The highest BCUT2D eigenvalue weighted by Gasteiger charge is 2.45.